The minimum atomic E-state index is -0.293. The van der Waals surface area contributed by atoms with E-state index in [1.807, 2.05) is 13.0 Å². The van der Waals surface area contributed by atoms with Gasteiger partial charge in [-0.15, -0.1) is 0 Å². The van der Waals surface area contributed by atoms with Crippen molar-refractivity contribution < 1.29 is 8.81 Å². The van der Waals surface area contributed by atoms with Crippen molar-refractivity contribution in [2.75, 3.05) is 0 Å². The Bertz CT molecular complexity index is 561. The molecule has 1 saturated carbocycles. The molecule has 18 heavy (non-hydrogen) atoms. The lowest BCUT2D eigenvalue weighted by atomic mass is 10.1. The number of rotatable bonds is 4. The molecule has 1 fully saturated rings. The fourth-order valence-electron chi connectivity index (χ4n) is 1.84. The number of nitrogens with one attached hydrogen (secondary N) is 1. The summed E-state index contributed by atoms with van der Waals surface area (Å²) in [5, 5.41) is 3.35. The van der Waals surface area contributed by atoms with Crippen molar-refractivity contribution in [2.24, 2.45) is 0 Å². The monoisotopic (exact) mass is 246 g/mol. The molecule has 3 rings (SSSR count). The summed E-state index contributed by atoms with van der Waals surface area (Å²) in [7, 11) is 0. The minimum Gasteiger partial charge on any atom is -0.444 e. The van der Waals surface area contributed by atoms with Gasteiger partial charge >= 0.3 is 0 Å². The highest BCUT2D eigenvalue weighted by Gasteiger charge is 2.20. The van der Waals surface area contributed by atoms with Crippen molar-refractivity contribution in [1.29, 1.82) is 0 Å². The van der Waals surface area contributed by atoms with Crippen LogP contribution in [0.25, 0.3) is 11.5 Å². The van der Waals surface area contributed by atoms with Crippen LogP contribution in [0.4, 0.5) is 4.39 Å². The van der Waals surface area contributed by atoms with Crippen LogP contribution in [-0.4, -0.2) is 11.0 Å². The molecular formula is C14H15FN2O. The van der Waals surface area contributed by atoms with Crippen LogP contribution in [0.2, 0.25) is 0 Å². The second-order valence-corrected chi connectivity index (χ2v) is 4.78. The molecule has 1 aliphatic rings. The van der Waals surface area contributed by atoms with Gasteiger partial charge in [-0.3, -0.25) is 0 Å². The van der Waals surface area contributed by atoms with Gasteiger partial charge in [0.1, 0.15) is 12.1 Å². The quantitative estimate of drug-likeness (QED) is 0.901. The van der Waals surface area contributed by atoms with Gasteiger partial charge in [0.2, 0.25) is 5.89 Å². The topological polar surface area (TPSA) is 38.1 Å². The first-order valence-electron chi connectivity index (χ1n) is 6.17. The summed E-state index contributed by atoms with van der Waals surface area (Å²) in [4.78, 5) is 4.30. The molecule has 94 valence electrons. The Hall–Kier alpha value is -1.68. The van der Waals surface area contributed by atoms with Crippen LogP contribution in [-0.2, 0) is 6.54 Å². The van der Waals surface area contributed by atoms with E-state index in [1.165, 1.54) is 18.9 Å². The smallest absolute Gasteiger partial charge is 0.229 e. The lowest BCUT2D eigenvalue weighted by Crippen LogP contribution is -2.15. The van der Waals surface area contributed by atoms with Gasteiger partial charge in [-0.05, 0) is 37.5 Å². The maximum absolute atomic E-state index is 13.8. The normalized spacial score (nSPS) is 15.0. The van der Waals surface area contributed by atoms with Crippen LogP contribution in [0.3, 0.4) is 0 Å². The zero-order valence-electron chi connectivity index (χ0n) is 10.2. The molecule has 1 heterocycles. The molecule has 2 aromatic rings. The first-order valence-corrected chi connectivity index (χ1v) is 6.17. The lowest BCUT2D eigenvalue weighted by molar-refractivity contribution is 0.558. The molecular weight excluding hydrogens is 231 g/mol. The van der Waals surface area contributed by atoms with Crippen LogP contribution in [0.5, 0.6) is 0 Å². The minimum absolute atomic E-state index is 0.293. The summed E-state index contributed by atoms with van der Waals surface area (Å²) in [6.07, 6.45) is 4.05. The molecule has 0 aliphatic heterocycles. The third-order valence-electron chi connectivity index (χ3n) is 3.06. The van der Waals surface area contributed by atoms with E-state index in [4.69, 9.17) is 4.42 Å². The van der Waals surface area contributed by atoms with Crippen molar-refractivity contribution in [2.45, 2.75) is 32.4 Å². The van der Waals surface area contributed by atoms with Crippen molar-refractivity contribution in [1.82, 2.24) is 10.3 Å². The Morgan fingerprint density at radius 2 is 2.28 bits per heavy atom. The van der Waals surface area contributed by atoms with Gasteiger partial charge in [0.15, 0.2) is 0 Å². The molecule has 1 aromatic heterocycles. The number of nitrogens with zero attached hydrogens (tertiary/aromatic N) is 1. The van der Waals surface area contributed by atoms with E-state index >= 15 is 0 Å². The number of hydrogen-bond acceptors (Lipinski definition) is 3. The average molecular weight is 246 g/mol. The maximum Gasteiger partial charge on any atom is 0.229 e. The van der Waals surface area contributed by atoms with Crippen LogP contribution >= 0.6 is 0 Å². The molecule has 0 amide bonds. The molecule has 0 radical (unpaired) electrons. The molecule has 0 unspecified atom stereocenters. The Balaban J connectivity index is 1.78. The summed E-state index contributed by atoms with van der Waals surface area (Å²) in [5.74, 6) is 0.0543. The SMILES string of the molecule is Cc1ccc(-c2nc(CNC3CC3)co2)c(F)c1. The summed E-state index contributed by atoms with van der Waals surface area (Å²) < 4.78 is 19.1. The van der Waals surface area contributed by atoms with Gasteiger partial charge in [0.25, 0.3) is 0 Å². The molecule has 1 aromatic carbocycles. The zero-order valence-corrected chi connectivity index (χ0v) is 10.2. The van der Waals surface area contributed by atoms with E-state index in [-0.39, 0.29) is 5.82 Å². The number of oxazole rings is 1. The maximum atomic E-state index is 13.8. The van der Waals surface area contributed by atoms with E-state index in [0.29, 0.717) is 24.0 Å². The van der Waals surface area contributed by atoms with Gasteiger partial charge in [-0.2, -0.15) is 0 Å². The van der Waals surface area contributed by atoms with Crippen LogP contribution in [0.15, 0.2) is 28.9 Å². The number of aryl methyl sites for hydroxylation is 1. The van der Waals surface area contributed by atoms with E-state index in [0.717, 1.165) is 11.3 Å². The molecule has 1 N–H and O–H groups in total. The molecule has 0 spiro atoms. The van der Waals surface area contributed by atoms with E-state index in [1.54, 1.807) is 12.3 Å². The molecule has 1 aliphatic carbocycles. The third-order valence-corrected chi connectivity index (χ3v) is 3.06. The third kappa shape index (κ3) is 2.43. The highest BCUT2D eigenvalue weighted by atomic mass is 19.1. The average Bonchev–Trinajstić information content (AvgIpc) is 3.05. The predicted molar refractivity (Wildman–Crippen MR) is 66.5 cm³/mol. The molecule has 0 atom stereocenters. The lowest BCUT2D eigenvalue weighted by Gasteiger charge is -1.99. The first-order chi connectivity index (χ1) is 8.72. The van der Waals surface area contributed by atoms with E-state index in [2.05, 4.69) is 10.3 Å². The van der Waals surface area contributed by atoms with Crippen molar-refractivity contribution in [3.63, 3.8) is 0 Å². The van der Waals surface area contributed by atoms with Crippen molar-refractivity contribution in [3.8, 4) is 11.5 Å². The Morgan fingerprint density at radius 1 is 1.44 bits per heavy atom. The van der Waals surface area contributed by atoms with Crippen LogP contribution in [0, 0.1) is 12.7 Å². The summed E-state index contributed by atoms with van der Waals surface area (Å²) >= 11 is 0. The van der Waals surface area contributed by atoms with E-state index in [9.17, 15) is 4.39 Å². The molecule has 3 nitrogen and oxygen atoms in total. The number of aromatic nitrogens is 1. The largest absolute Gasteiger partial charge is 0.444 e. The van der Waals surface area contributed by atoms with Crippen molar-refractivity contribution >= 4 is 0 Å². The zero-order chi connectivity index (χ0) is 12.5. The molecule has 0 saturated heterocycles. The predicted octanol–water partition coefficient (Wildman–Crippen LogP) is 3.04. The molecule has 0 bridgehead atoms. The van der Waals surface area contributed by atoms with Gasteiger partial charge in [-0.1, -0.05) is 6.07 Å². The summed E-state index contributed by atoms with van der Waals surface area (Å²) in [6, 6.07) is 5.67. The fraction of sp³-hybridized carbons (Fsp3) is 0.357. The van der Waals surface area contributed by atoms with Crippen LogP contribution < -0.4 is 5.32 Å². The summed E-state index contributed by atoms with van der Waals surface area (Å²) in [6.45, 7) is 2.54. The second-order valence-electron chi connectivity index (χ2n) is 4.78. The summed E-state index contributed by atoms with van der Waals surface area (Å²) in [5.41, 5.74) is 2.12. The van der Waals surface area contributed by atoms with Gasteiger partial charge in [-0.25, -0.2) is 9.37 Å². The first kappa shape index (κ1) is 11.4. The van der Waals surface area contributed by atoms with Gasteiger partial charge < -0.3 is 9.73 Å². The fourth-order valence-corrected chi connectivity index (χ4v) is 1.84. The van der Waals surface area contributed by atoms with Crippen molar-refractivity contribution in [3.05, 3.63) is 41.5 Å². The number of halogens is 1. The Kier molecular flexibility index (Phi) is 2.88. The van der Waals surface area contributed by atoms with Crippen LogP contribution in [0.1, 0.15) is 24.1 Å². The highest BCUT2D eigenvalue weighted by Crippen LogP contribution is 2.23. The van der Waals surface area contributed by atoms with Gasteiger partial charge in [0, 0.05) is 12.6 Å². The Labute approximate surface area is 105 Å². The highest BCUT2D eigenvalue weighted by molar-refractivity contribution is 5.54. The standard InChI is InChI=1S/C14H15FN2O/c1-9-2-5-12(13(15)6-9)14-17-11(8-18-14)7-16-10-3-4-10/h2,5-6,8,10,16H,3-4,7H2,1H3. The second kappa shape index (κ2) is 4.53. The van der Waals surface area contributed by atoms with Gasteiger partial charge in [0.05, 0.1) is 11.3 Å². The van der Waals surface area contributed by atoms with E-state index < -0.39 is 0 Å². The number of benzene rings is 1. The Morgan fingerprint density at radius 3 is 3.00 bits per heavy atom. The number of hydrogen-bond donors (Lipinski definition) is 1. The molecule has 4 heteroatoms.